The SMILES string of the molecule is CC(C)Oc1ccc(C(=O)CN=[N+]=[N-])cc1. The second-order valence-electron chi connectivity index (χ2n) is 3.50. The summed E-state index contributed by atoms with van der Waals surface area (Å²) in [6.45, 7) is 3.71. The van der Waals surface area contributed by atoms with Gasteiger partial charge in [0.2, 0.25) is 0 Å². The van der Waals surface area contributed by atoms with Crippen LogP contribution in [0.1, 0.15) is 24.2 Å². The van der Waals surface area contributed by atoms with Gasteiger partial charge in [-0.05, 0) is 43.6 Å². The monoisotopic (exact) mass is 219 g/mol. The predicted molar refractivity (Wildman–Crippen MR) is 60.5 cm³/mol. The van der Waals surface area contributed by atoms with E-state index in [0.29, 0.717) is 5.56 Å². The molecule has 0 fully saturated rings. The standard InChI is InChI=1S/C11H13N3O2/c1-8(2)16-10-5-3-9(4-6-10)11(15)7-13-14-12/h3-6,8H,7H2,1-2H3. The van der Waals surface area contributed by atoms with E-state index >= 15 is 0 Å². The van der Waals surface area contributed by atoms with Crippen LogP contribution in [0.2, 0.25) is 0 Å². The summed E-state index contributed by atoms with van der Waals surface area (Å²) < 4.78 is 5.44. The van der Waals surface area contributed by atoms with Crippen molar-refractivity contribution in [2.75, 3.05) is 6.54 Å². The number of hydrogen-bond acceptors (Lipinski definition) is 3. The third kappa shape index (κ3) is 3.63. The first-order valence-corrected chi connectivity index (χ1v) is 4.94. The van der Waals surface area contributed by atoms with Crippen molar-refractivity contribution in [2.24, 2.45) is 5.11 Å². The average Bonchev–Trinajstić information content (AvgIpc) is 2.26. The number of carbonyl (C=O) groups excluding carboxylic acids is 1. The van der Waals surface area contributed by atoms with Crippen LogP contribution in [-0.2, 0) is 0 Å². The van der Waals surface area contributed by atoms with E-state index < -0.39 is 0 Å². The minimum Gasteiger partial charge on any atom is -0.491 e. The zero-order valence-electron chi connectivity index (χ0n) is 9.25. The number of ether oxygens (including phenoxy) is 1. The molecule has 0 N–H and O–H groups in total. The Morgan fingerprint density at radius 3 is 2.56 bits per heavy atom. The van der Waals surface area contributed by atoms with Gasteiger partial charge in [-0.2, -0.15) is 0 Å². The zero-order chi connectivity index (χ0) is 12.0. The molecule has 5 heteroatoms. The first kappa shape index (κ1) is 12.1. The van der Waals surface area contributed by atoms with E-state index in [2.05, 4.69) is 10.0 Å². The molecule has 1 aromatic carbocycles. The quantitative estimate of drug-likeness (QED) is 0.330. The van der Waals surface area contributed by atoms with E-state index in [0.717, 1.165) is 5.75 Å². The highest BCUT2D eigenvalue weighted by molar-refractivity contribution is 5.97. The number of carbonyl (C=O) groups is 1. The summed E-state index contributed by atoms with van der Waals surface area (Å²) in [7, 11) is 0. The molecule has 16 heavy (non-hydrogen) atoms. The van der Waals surface area contributed by atoms with Gasteiger partial charge in [0.25, 0.3) is 0 Å². The molecule has 0 radical (unpaired) electrons. The molecule has 0 atom stereocenters. The van der Waals surface area contributed by atoms with Gasteiger partial charge in [-0.1, -0.05) is 5.11 Å². The second kappa shape index (κ2) is 5.78. The summed E-state index contributed by atoms with van der Waals surface area (Å²) >= 11 is 0. The summed E-state index contributed by atoms with van der Waals surface area (Å²) in [5.74, 6) is 0.518. The van der Waals surface area contributed by atoms with Gasteiger partial charge in [-0.15, -0.1) is 0 Å². The average molecular weight is 219 g/mol. The van der Waals surface area contributed by atoms with Gasteiger partial charge in [0, 0.05) is 10.5 Å². The van der Waals surface area contributed by atoms with E-state index in [4.69, 9.17) is 10.3 Å². The minimum atomic E-state index is -0.200. The van der Waals surface area contributed by atoms with Crippen molar-refractivity contribution in [3.05, 3.63) is 40.3 Å². The van der Waals surface area contributed by atoms with E-state index in [9.17, 15) is 4.79 Å². The maximum absolute atomic E-state index is 11.4. The molecule has 0 unspecified atom stereocenters. The smallest absolute Gasteiger partial charge is 0.168 e. The molecule has 0 saturated carbocycles. The van der Waals surface area contributed by atoms with Crippen molar-refractivity contribution in [3.63, 3.8) is 0 Å². The van der Waals surface area contributed by atoms with Crippen molar-refractivity contribution in [3.8, 4) is 5.75 Å². The molecule has 0 aliphatic carbocycles. The van der Waals surface area contributed by atoms with Crippen LogP contribution in [0.25, 0.3) is 10.4 Å². The minimum absolute atomic E-state index is 0.102. The van der Waals surface area contributed by atoms with Gasteiger partial charge < -0.3 is 4.74 Å². The fraction of sp³-hybridized carbons (Fsp3) is 0.364. The van der Waals surface area contributed by atoms with Crippen LogP contribution in [0.5, 0.6) is 5.75 Å². The van der Waals surface area contributed by atoms with E-state index in [1.54, 1.807) is 24.3 Å². The second-order valence-corrected chi connectivity index (χ2v) is 3.50. The molecule has 0 aliphatic heterocycles. The zero-order valence-corrected chi connectivity index (χ0v) is 9.25. The molecule has 5 nitrogen and oxygen atoms in total. The number of hydrogen-bond donors (Lipinski definition) is 0. The largest absolute Gasteiger partial charge is 0.491 e. The Kier molecular flexibility index (Phi) is 4.36. The lowest BCUT2D eigenvalue weighted by Gasteiger charge is -2.09. The Labute approximate surface area is 93.7 Å². The summed E-state index contributed by atoms with van der Waals surface area (Å²) in [6, 6.07) is 6.77. The molecule has 0 heterocycles. The summed E-state index contributed by atoms with van der Waals surface area (Å²) in [6.07, 6.45) is 0.102. The highest BCUT2D eigenvalue weighted by Gasteiger charge is 2.04. The number of azide groups is 1. The normalized spacial score (nSPS) is 9.69. The van der Waals surface area contributed by atoms with Gasteiger partial charge in [0.15, 0.2) is 5.78 Å². The number of nitrogens with zero attached hydrogens (tertiary/aromatic N) is 3. The van der Waals surface area contributed by atoms with Crippen LogP contribution in [0.3, 0.4) is 0 Å². The first-order chi connectivity index (χ1) is 7.63. The molecule has 84 valence electrons. The van der Waals surface area contributed by atoms with Gasteiger partial charge >= 0.3 is 0 Å². The van der Waals surface area contributed by atoms with Crippen LogP contribution < -0.4 is 4.74 Å². The highest BCUT2D eigenvalue weighted by atomic mass is 16.5. The maximum atomic E-state index is 11.4. The number of ketones is 1. The van der Waals surface area contributed by atoms with Crippen LogP contribution in [0.15, 0.2) is 29.4 Å². The lowest BCUT2D eigenvalue weighted by Crippen LogP contribution is -2.06. The highest BCUT2D eigenvalue weighted by Crippen LogP contribution is 2.14. The molecule has 0 saturated heterocycles. The summed E-state index contributed by atoms with van der Waals surface area (Å²) in [4.78, 5) is 14.0. The van der Waals surface area contributed by atoms with Gasteiger partial charge in [-0.3, -0.25) is 4.79 Å². The molecule has 0 aromatic heterocycles. The van der Waals surface area contributed by atoms with Crippen molar-refractivity contribution in [1.29, 1.82) is 0 Å². The molecular formula is C11H13N3O2. The Bertz CT molecular complexity index is 406. The molecule has 1 rings (SSSR count). The molecule has 0 aliphatic rings. The third-order valence-corrected chi connectivity index (χ3v) is 1.83. The van der Waals surface area contributed by atoms with E-state index in [-0.39, 0.29) is 18.4 Å². The number of benzene rings is 1. The number of rotatable bonds is 5. The number of Topliss-reactive ketones (excluding diaryl/α,β-unsaturated/α-hetero) is 1. The van der Waals surface area contributed by atoms with Crippen LogP contribution in [0, 0.1) is 0 Å². The lowest BCUT2D eigenvalue weighted by molar-refractivity contribution is 0.100. The molecule has 1 aromatic rings. The van der Waals surface area contributed by atoms with E-state index in [1.165, 1.54) is 0 Å². The first-order valence-electron chi connectivity index (χ1n) is 4.94. The lowest BCUT2D eigenvalue weighted by atomic mass is 10.1. The third-order valence-electron chi connectivity index (χ3n) is 1.83. The van der Waals surface area contributed by atoms with Crippen molar-refractivity contribution in [2.45, 2.75) is 20.0 Å². The summed E-state index contributed by atoms with van der Waals surface area (Å²) in [5.41, 5.74) is 8.61. The Morgan fingerprint density at radius 2 is 2.06 bits per heavy atom. The summed E-state index contributed by atoms with van der Waals surface area (Å²) in [5, 5.41) is 3.22. The molecule has 0 spiro atoms. The Morgan fingerprint density at radius 1 is 1.44 bits per heavy atom. The van der Waals surface area contributed by atoms with Crippen molar-refractivity contribution in [1.82, 2.24) is 0 Å². The van der Waals surface area contributed by atoms with Gasteiger partial charge in [0.1, 0.15) is 5.75 Å². The van der Waals surface area contributed by atoms with Gasteiger partial charge in [-0.25, -0.2) is 0 Å². The van der Waals surface area contributed by atoms with E-state index in [1.807, 2.05) is 13.8 Å². The molecule has 0 bridgehead atoms. The fourth-order valence-electron chi connectivity index (χ4n) is 1.18. The molecular weight excluding hydrogens is 206 g/mol. The van der Waals surface area contributed by atoms with Crippen molar-refractivity contribution < 1.29 is 9.53 Å². The molecule has 0 amide bonds. The topological polar surface area (TPSA) is 75.1 Å². The Balaban J connectivity index is 2.70. The van der Waals surface area contributed by atoms with Crippen LogP contribution >= 0.6 is 0 Å². The maximum Gasteiger partial charge on any atom is 0.168 e. The Hall–Kier alpha value is -2.00. The van der Waals surface area contributed by atoms with Crippen LogP contribution in [0.4, 0.5) is 0 Å². The van der Waals surface area contributed by atoms with Crippen LogP contribution in [-0.4, -0.2) is 18.4 Å². The fourth-order valence-corrected chi connectivity index (χ4v) is 1.18. The predicted octanol–water partition coefficient (Wildman–Crippen LogP) is 2.97. The van der Waals surface area contributed by atoms with Crippen molar-refractivity contribution >= 4 is 5.78 Å². The van der Waals surface area contributed by atoms with Gasteiger partial charge in [0.05, 0.1) is 12.6 Å².